The van der Waals surface area contributed by atoms with Gasteiger partial charge in [-0.2, -0.15) is 0 Å². The number of rotatable bonds is 8. The van der Waals surface area contributed by atoms with Crippen LogP contribution in [0.15, 0.2) is 53.2 Å². The molecular weight excluding hydrogens is 393 g/mol. The highest BCUT2D eigenvalue weighted by molar-refractivity contribution is 6.12. The van der Waals surface area contributed by atoms with Gasteiger partial charge in [0, 0.05) is 5.56 Å². The van der Waals surface area contributed by atoms with Crippen molar-refractivity contribution in [1.29, 1.82) is 0 Å². The molecule has 0 radical (unpaired) electrons. The van der Waals surface area contributed by atoms with Crippen molar-refractivity contribution in [3.05, 3.63) is 65.1 Å². The van der Waals surface area contributed by atoms with Gasteiger partial charge in [0.05, 0.1) is 13.2 Å². The first-order valence-corrected chi connectivity index (χ1v) is 9.34. The van der Waals surface area contributed by atoms with Gasteiger partial charge >= 0.3 is 11.9 Å². The van der Waals surface area contributed by atoms with E-state index in [1.165, 1.54) is 24.3 Å². The smallest absolute Gasteiger partial charge is 0.363 e. The first kappa shape index (κ1) is 21.0. The molecule has 1 heterocycles. The zero-order chi connectivity index (χ0) is 21.5. The van der Waals surface area contributed by atoms with Crippen LogP contribution in [0.3, 0.4) is 0 Å². The molecule has 1 aliphatic rings. The van der Waals surface area contributed by atoms with Gasteiger partial charge in [-0.15, -0.1) is 0 Å². The lowest BCUT2D eigenvalue weighted by atomic mass is 10.1. The zero-order valence-electron chi connectivity index (χ0n) is 16.5. The maximum atomic E-state index is 13.4. The maximum Gasteiger partial charge on any atom is 0.363 e. The highest BCUT2D eigenvalue weighted by Gasteiger charge is 2.24. The normalized spacial score (nSPS) is 14.3. The Morgan fingerprint density at radius 1 is 1.10 bits per heavy atom. The molecule has 0 N–H and O–H groups in total. The number of hydrogen-bond donors (Lipinski definition) is 0. The number of halogens is 1. The molecule has 7 nitrogen and oxygen atoms in total. The van der Waals surface area contributed by atoms with Crippen molar-refractivity contribution in [2.75, 3.05) is 19.8 Å². The molecule has 8 heteroatoms. The predicted octanol–water partition coefficient (Wildman–Crippen LogP) is 3.51. The summed E-state index contributed by atoms with van der Waals surface area (Å²) in [5.74, 6) is -0.788. The third-order valence-corrected chi connectivity index (χ3v) is 3.91. The summed E-state index contributed by atoms with van der Waals surface area (Å²) < 4.78 is 34.4. The number of nitrogens with zero attached hydrogens (tertiary/aromatic N) is 1. The number of carbonyl (C=O) groups excluding carboxylic acids is 2. The molecule has 0 fully saturated rings. The van der Waals surface area contributed by atoms with E-state index < -0.39 is 17.8 Å². The Bertz CT molecular complexity index is 1010. The zero-order valence-corrected chi connectivity index (χ0v) is 16.5. The molecule has 0 unspecified atom stereocenters. The Hall–Kier alpha value is -3.68. The van der Waals surface area contributed by atoms with Crippen LogP contribution in [-0.4, -0.2) is 37.7 Å². The summed E-state index contributed by atoms with van der Waals surface area (Å²) in [6, 6.07) is 10.6. The molecule has 1 aliphatic heterocycles. The average Bonchev–Trinajstić information content (AvgIpc) is 3.08. The van der Waals surface area contributed by atoms with Crippen LogP contribution in [0, 0.1) is 5.82 Å². The van der Waals surface area contributed by atoms with E-state index in [4.69, 9.17) is 18.9 Å². The Morgan fingerprint density at radius 2 is 1.93 bits per heavy atom. The number of hydrogen-bond acceptors (Lipinski definition) is 7. The Morgan fingerprint density at radius 3 is 2.67 bits per heavy atom. The van der Waals surface area contributed by atoms with E-state index in [9.17, 15) is 14.0 Å². The highest BCUT2D eigenvalue weighted by Crippen LogP contribution is 2.30. The molecule has 0 amide bonds. The number of carbonyl (C=O) groups is 2. The number of benzene rings is 2. The number of cyclic esters (lactones) is 1. The minimum atomic E-state index is -0.644. The van der Waals surface area contributed by atoms with Crippen LogP contribution in [0.2, 0.25) is 0 Å². The summed E-state index contributed by atoms with van der Waals surface area (Å²) in [7, 11) is 0. The van der Waals surface area contributed by atoms with Crippen LogP contribution in [0.1, 0.15) is 25.0 Å². The first-order chi connectivity index (χ1) is 14.5. The summed E-state index contributed by atoms with van der Waals surface area (Å²) in [6.45, 7) is 3.91. The van der Waals surface area contributed by atoms with Crippen LogP contribution in [-0.2, 0) is 19.1 Å². The summed E-state index contributed by atoms with van der Waals surface area (Å²) in [5.41, 5.74) is 1.04. The molecule has 2 aromatic carbocycles. The van der Waals surface area contributed by atoms with E-state index in [2.05, 4.69) is 4.99 Å². The van der Waals surface area contributed by atoms with Gasteiger partial charge < -0.3 is 18.9 Å². The summed E-state index contributed by atoms with van der Waals surface area (Å²) in [5, 5.41) is 0. The lowest BCUT2D eigenvalue weighted by molar-refractivity contribution is -0.145. The van der Waals surface area contributed by atoms with Crippen molar-refractivity contribution in [2.24, 2.45) is 4.99 Å². The van der Waals surface area contributed by atoms with Gasteiger partial charge in [0.1, 0.15) is 5.82 Å². The van der Waals surface area contributed by atoms with Crippen molar-refractivity contribution in [2.45, 2.75) is 13.8 Å². The summed E-state index contributed by atoms with van der Waals surface area (Å²) in [4.78, 5) is 27.8. The van der Waals surface area contributed by atoms with Crippen molar-refractivity contribution in [3.8, 4) is 11.5 Å². The van der Waals surface area contributed by atoms with Crippen LogP contribution in [0.4, 0.5) is 4.39 Å². The maximum absolute atomic E-state index is 13.4. The fourth-order valence-corrected chi connectivity index (χ4v) is 2.65. The molecule has 0 saturated carbocycles. The van der Waals surface area contributed by atoms with Crippen LogP contribution in [0.25, 0.3) is 6.08 Å². The van der Waals surface area contributed by atoms with Gasteiger partial charge in [0.25, 0.3) is 0 Å². The third kappa shape index (κ3) is 5.22. The fourth-order valence-electron chi connectivity index (χ4n) is 2.65. The molecule has 156 valence electrons. The molecule has 0 saturated heterocycles. The molecule has 0 aliphatic carbocycles. The van der Waals surface area contributed by atoms with Crippen LogP contribution >= 0.6 is 0 Å². The second-order valence-corrected chi connectivity index (χ2v) is 6.08. The van der Waals surface area contributed by atoms with Crippen molar-refractivity contribution < 1.29 is 32.9 Å². The van der Waals surface area contributed by atoms with E-state index in [-0.39, 0.29) is 24.8 Å². The number of esters is 2. The van der Waals surface area contributed by atoms with Gasteiger partial charge in [0.2, 0.25) is 5.90 Å². The lowest BCUT2D eigenvalue weighted by Gasteiger charge is -2.12. The van der Waals surface area contributed by atoms with Gasteiger partial charge in [-0.3, -0.25) is 0 Å². The van der Waals surface area contributed by atoms with Gasteiger partial charge in [0.15, 0.2) is 23.8 Å². The van der Waals surface area contributed by atoms with E-state index in [1.54, 1.807) is 31.2 Å². The standard InChI is InChI=1S/C22H20FNO6/c1-3-27-19-11-14(8-9-18(19)29-13-20(25)28-4-2)10-17-22(26)30-21(24-17)15-6-5-7-16(23)12-15/h5-12H,3-4,13H2,1-2H3. The Labute approximate surface area is 172 Å². The second kappa shape index (κ2) is 9.69. The molecule has 2 aromatic rings. The summed E-state index contributed by atoms with van der Waals surface area (Å²) >= 11 is 0. The Kier molecular flexibility index (Phi) is 6.79. The van der Waals surface area contributed by atoms with Crippen LogP contribution in [0.5, 0.6) is 11.5 Å². The topological polar surface area (TPSA) is 83.4 Å². The van der Waals surface area contributed by atoms with Gasteiger partial charge in [-0.25, -0.2) is 19.0 Å². The monoisotopic (exact) mass is 413 g/mol. The van der Waals surface area contributed by atoms with E-state index in [0.29, 0.717) is 29.2 Å². The predicted molar refractivity (Wildman–Crippen MR) is 107 cm³/mol. The van der Waals surface area contributed by atoms with E-state index >= 15 is 0 Å². The molecule has 0 spiro atoms. The van der Waals surface area contributed by atoms with Crippen molar-refractivity contribution in [3.63, 3.8) is 0 Å². The average molecular weight is 413 g/mol. The fraction of sp³-hybridized carbons (Fsp3) is 0.227. The SMILES string of the molecule is CCOC(=O)COc1ccc(C=C2N=C(c3cccc(F)c3)OC2=O)cc1OCC. The number of ether oxygens (including phenoxy) is 4. The molecule has 0 bridgehead atoms. The van der Waals surface area contributed by atoms with Crippen molar-refractivity contribution in [1.82, 2.24) is 0 Å². The largest absolute Gasteiger partial charge is 0.490 e. The number of aliphatic imine (C=N–C) groups is 1. The Balaban J connectivity index is 1.82. The molecule has 0 aromatic heterocycles. The first-order valence-electron chi connectivity index (χ1n) is 9.34. The van der Waals surface area contributed by atoms with Crippen LogP contribution < -0.4 is 9.47 Å². The third-order valence-electron chi connectivity index (χ3n) is 3.91. The van der Waals surface area contributed by atoms with Gasteiger partial charge in [-0.05, 0) is 55.8 Å². The molecule has 30 heavy (non-hydrogen) atoms. The van der Waals surface area contributed by atoms with Crippen molar-refractivity contribution >= 4 is 23.9 Å². The lowest BCUT2D eigenvalue weighted by Crippen LogP contribution is -2.15. The summed E-state index contributed by atoms with van der Waals surface area (Å²) in [6.07, 6.45) is 1.52. The molecule has 0 atom stereocenters. The van der Waals surface area contributed by atoms with Gasteiger partial charge in [-0.1, -0.05) is 12.1 Å². The second-order valence-electron chi connectivity index (χ2n) is 6.08. The minimum Gasteiger partial charge on any atom is -0.490 e. The van der Waals surface area contributed by atoms with E-state index in [0.717, 1.165) is 0 Å². The quantitative estimate of drug-likeness (QED) is 0.487. The molecule has 3 rings (SSSR count). The highest BCUT2D eigenvalue weighted by atomic mass is 19.1. The minimum absolute atomic E-state index is 0.0326. The van der Waals surface area contributed by atoms with E-state index in [1.807, 2.05) is 6.92 Å². The molecular formula is C22H20FNO6.